The quantitative estimate of drug-likeness (QED) is 0.0994. The average Bonchev–Trinajstić information content (AvgIpc) is 2.96. The summed E-state index contributed by atoms with van der Waals surface area (Å²) in [5.41, 5.74) is 7.54. The second kappa shape index (κ2) is 18.8. The first-order valence-electron chi connectivity index (χ1n) is 16.9. The highest BCUT2D eigenvalue weighted by molar-refractivity contribution is 7.87. The fourth-order valence-corrected chi connectivity index (χ4v) is 7.26. The van der Waals surface area contributed by atoms with Gasteiger partial charge in [-0.15, -0.1) is 0 Å². The molecule has 1 atom stereocenters. The van der Waals surface area contributed by atoms with Crippen LogP contribution in [0.15, 0.2) is 53.4 Å². The van der Waals surface area contributed by atoms with Gasteiger partial charge in [-0.3, -0.25) is 0 Å². The summed E-state index contributed by atoms with van der Waals surface area (Å²) in [6, 6.07) is 13.6. The van der Waals surface area contributed by atoms with Crippen LogP contribution in [-0.4, -0.2) is 27.7 Å². The molecule has 0 fully saturated rings. The largest absolute Gasteiger partial charge is 0.381 e. The number of nitrogens with two attached hydrogens (primary N) is 1. The van der Waals surface area contributed by atoms with E-state index in [0.717, 1.165) is 18.6 Å². The van der Waals surface area contributed by atoms with Gasteiger partial charge in [-0.25, -0.2) is 0 Å². The third-order valence-electron chi connectivity index (χ3n) is 8.78. The normalized spacial score (nSPS) is 13.3. The van der Waals surface area contributed by atoms with Gasteiger partial charge in [0, 0.05) is 23.5 Å². The van der Waals surface area contributed by atoms with E-state index in [-0.39, 0.29) is 22.1 Å². The first kappa shape index (κ1) is 37.3. The molecule has 0 radical (unpaired) electrons. The first-order valence-corrected chi connectivity index (χ1v) is 18.3. The molecule has 2 aromatic rings. The third-order valence-corrected chi connectivity index (χ3v) is 10.1. The molecule has 0 aliphatic carbocycles. The lowest BCUT2D eigenvalue weighted by Crippen LogP contribution is -2.53. The van der Waals surface area contributed by atoms with Crippen LogP contribution >= 0.6 is 0 Å². The van der Waals surface area contributed by atoms with Crippen LogP contribution in [0.3, 0.4) is 0 Å². The van der Waals surface area contributed by atoms with E-state index >= 15 is 0 Å². The van der Waals surface area contributed by atoms with Crippen molar-refractivity contribution in [2.45, 2.75) is 148 Å². The van der Waals surface area contributed by atoms with Crippen molar-refractivity contribution < 1.29 is 17.3 Å². The predicted molar refractivity (Wildman–Crippen MR) is 181 cm³/mol. The Labute approximate surface area is 264 Å². The van der Waals surface area contributed by atoms with Gasteiger partial charge in [0.15, 0.2) is 0 Å². The van der Waals surface area contributed by atoms with E-state index in [9.17, 15) is 8.42 Å². The number of hydrogen-bond acceptors (Lipinski definition) is 5. The maximum atomic E-state index is 13.4. The minimum atomic E-state index is -4.05. The van der Waals surface area contributed by atoms with Gasteiger partial charge >= 0.3 is 10.1 Å². The monoisotopic (exact) mass is 615 g/mol. The minimum absolute atomic E-state index is 0.154. The Bertz CT molecular complexity index is 1140. The summed E-state index contributed by atoms with van der Waals surface area (Å²) in [4.78, 5) is 0.154. The molecule has 0 aromatic heterocycles. The van der Waals surface area contributed by atoms with Crippen molar-refractivity contribution in [1.29, 1.82) is 0 Å². The Morgan fingerprint density at radius 2 is 1.26 bits per heavy atom. The van der Waals surface area contributed by atoms with E-state index in [1.807, 2.05) is 32.9 Å². The van der Waals surface area contributed by atoms with Crippen LogP contribution in [0.1, 0.15) is 136 Å². The number of hydrogen-bond donors (Lipinski definition) is 1. The molecule has 2 aromatic carbocycles. The summed E-state index contributed by atoms with van der Waals surface area (Å²) in [5.74, 6) is 0.286. The van der Waals surface area contributed by atoms with Crippen molar-refractivity contribution in [3.8, 4) is 5.75 Å². The second-order valence-electron chi connectivity index (χ2n) is 13.7. The summed E-state index contributed by atoms with van der Waals surface area (Å²) < 4.78 is 38.4. The summed E-state index contributed by atoms with van der Waals surface area (Å²) in [6.07, 6.45) is 18.7. The van der Waals surface area contributed by atoms with Gasteiger partial charge < -0.3 is 14.7 Å². The zero-order valence-corrected chi connectivity index (χ0v) is 28.9. The molecule has 0 aliphatic rings. The molecule has 2 rings (SSSR count). The SMILES string of the molecule is CCCCCCCCCCCCCCCCOCC(C)(C)C(N)C(C)(C)c1cc(C)ccc1S(=O)(=O)Oc1ccccc1. The summed E-state index contributed by atoms with van der Waals surface area (Å²) in [6.45, 7) is 13.7. The molecular weight excluding hydrogens is 554 g/mol. The highest BCUT2D eigenvalue weighted by atomic mass is 32.2. The Morgan fingerprint density at radius 3 is 1.79 bits per heavy atom. The van der Waals surface area contributed by atoms with E-state index in [0.29, 0.717) is 12.2 Å². The van der Waals surface area contributed by atoms with Gasteiger partial charge in [-0.2, -0.15) is 8.42 Å². The third kappa shape index (κ3) is 12.9. The highest BCUT2D eigenvalue weighted by Crippen LogP contribution is 2.39. The number of ether oxygens (including phenoxy) is 1. The van der Waals surface area contributed by atoms with Crippen LogP contribution in [-0.2, 0) is 20.3 Å². The molecule has 2 N–H and O–H groups in total. The van der Waals surface area contributed by atoms with Crippen LogP contribution in [0.4, 0.5) is 0 Å². The van der Waals surface area contributed by atoms with Gasteiger partial charge in [0.05, 0.1) is 6.61 Å². The molecule has 0 saturated carbocycles. The lowest BCUT2D eigenvalue weighted by Gasteiger charge is -2.43. The molecule has 0 amide bonds. The van der Waals surface area contributed by atoms with Gasteiger partial charge in [0.2, 0.25) is 0 Å². The maximum Gasteiger partial charge on any atom is 0.339 e. The van der Waals surface area contributed by atoms with Gasteiger partial charge in [0.25, 0.3) is 0 Å². The van der Waals surface area contributed by atoms with Crippen molar-refractivity contribution in [1.82, 2.24) is 0 Å². The van der Waals surface area contributed by atoms with E-state index in [4.69, 9.17) is 14.7 Å². The Morgan fingerprint density at radius 1 is 0.744 bits per heavy atom. The summed E-state index contributed by atoms with van der Waals surface area (Å²) in [5, 5.41) is 0. The molecule has 0 heterocycles. The van der Waals surface area contributed by atoms with Crippen LogP contribution in [0.2, 0.25) is 0 Å². The molecule has 0 aliphatic heterocycles. The fraction of sp³-hybridized carbons (Fsp3) is 0.676. The van der Waals surface area contributed by atoms with Crippen molar-refractivity contribution in [3.05, 3.63) is 59.7 Å². The Kier molecular flexibility index (Phi) is 16.3. The highest BCUT2D eigenvalue weighted by Gasteiger charge is 2.42. The van der Waals surface area contributed by atoms with Crippen LogP contribution in [0, 0.1) is 12.3 Å². The smallest absolute Gasteiger partial charge is 0.339 e. The summed E-state index contributed by atoms with van der Waals surface area (Å²) >= 11 is 0. The van der Waals surface area contributed by atoms with Crippen molar-refractivity contribution in [2.75, 3.05) is 13.2 Å². The molecule has 0 saturated heterocycles. The molecule has 43 heavy (non-hydrogen) atoms. The maximum absolute atomic E-state index is 13.4. The Balaban J connectivity index is 1.79. The van der Waals surface area contributed by atoms with Crippen molar-refractivity contribution >= 4 is 10.1 Å². The van der Waals surface area contributed by atoms with E-state index in [1.165, 1.54) is 83.5 Å². The van der Waals surface area contributed by atoms with Gasteiger partial charge in [-0.1, -0.05) is 154 Å². The van der Waals surface area contributed by atoms with E-state index in [2.05, 4.69) is 20.8 Å². The first-order chi connectivity index (χ1) is 20.4. The summed E-state index contributed by atoms with van der Waals surface area (Å²) in [7, 11) is -4.05. The predicted octanol–water partition coefficient (Wildman–Crippen LogP) is 9.89. The standard InChI is InChI=1S/C37H61NO4S/c1-7-8-9-10-11-12-13-14-15-16-17-18-19-23-28-41-30-36(3,4)35(38)37(5,6)33-29-31(2)26-27-34(33)43(39,40)42-32-24-21-20-22-25-32/h20-22,24-27,29,35H,7-19,23,28,30,38H2,1-6H3. The molecule has 6 heteroatoms. The topological polar surface area (TPSA) is 78.6 Å². The number of unbranched alkanes of at least 4 members (excludes halogenated alkanes) is 13. The molecule has 1 unspecified atom stereocenters. The number of para-hydroxylation sites is 1. The van der Waals surface area contributed by atoms with Crippen LogP contribution in [0.5, 0.6) is 5.75 Å². The van der Waals surface area contributed by atoms with Gasteiger partial charge in [-0.05, 0) is 37.1 Å². The zero-order chi connectivity index (χ0) is 31.8. The minimum Gasteiger partial charge on any atom is -0.381 e. The second-order valence-corrected chi connectivity index (χ2v) is 15.2. The molecule has 0 spiro atoms. The number of aryl methyl sites for hydroxylation is 1. The van der Waals surface area contributed by atoms with E-state index < -0.39 is 15.5 Å². The fourth-order valence-electron chi connectivity index (χ4n) is 5.98. The van der Waals surface area contributed by atoms with Crippen LogP contribution in [0.25, 0.3) is 0 Å². The Hall–Kier alpha value is -1.89. The number of rotatable bonds is 23. The van der Waals surface area contributed by atoms with E-state index in [1.54, 1.807) is 36.4 Å². The molecule has 0 bridgehead atoms. The zero-order valence-electron chi connectivity index (χ0n) is 28.1. The van der Waals surface area contributed by atoms with Crippen molar-refractivity contribution in [3.63, 3.8) is 0 Å². The van der Waals surface area contributed by atoms with Crippen molar-refractivity contribution in [2.24, 2.45) is 11.1 Å². The lowest BCUT2D eigenvalue weighted by molar-refractivity contribution is 0.0319. The lowest BCUT2D eigenvalue weighted by atomic mass is 9.67. The number of benzene rings is 2. The van der Waals surface area contributed by atoms with Crippen LogP contribution < -0.4 is 9.92 Å². The van der Waals surface area contributed by atoms with Gasteiger partial charge in [0.1, 0.15) is 10.6 Å². The average molecular weight is 616 g/mol. The molecular formula is C37H61NO4S. The molecule has 244 valence electrons. The molecule has 5 nitrogen and oxygen atoms in total.